The minimum Gasteiger partial charge on any atom is -0.386 e. The average Bonchev–Trinajstić information content (AvgIpc) is 2.82. The van der Waals surface area contributed by atoms with Gasteiger partial charge in [0.05, 0.1) is 30.4 Å². The third-order valence-electron chi connectivity index (χ3n) is 3.66. The lowest BCUT2D eigenvalue weighted by molar-refractivity contribution is -0.0860. The fourth-order valence-electron chi connectivity index (χ4n) is 2.69. The minimum atomic E-state index is -0.676. The lowest BCUT2D eigenvalue weighted by Gasteiger charge is -2.46. The van der Waals surface area contributed by atoms with Crippen molar-refractivity contribution >= 4 is 16.8 Å². The van der Waals surface area contributed by atoms with Crippen LogP contribution < -0.4 is 0 Å². The smallest absolute Gasteiger partial charge is 0.254 e. The summed E-state index contributed by atoms with van der Waals surface area (Å²) in [7, 11) is 0. The maximum Gasteiger partial charge on any atom is 0.254 e. The summed E-state index contributed by atoms with van der Waals surface area (Å²) < 4.78 is 0. The molecule has 1 aromatic carbocycles. The molecule has 0 radical (unpaired) electrons. The summed E-state index contributed by atoms with van der Waals surface area (Å²) in [5.74, 6) is -0.0242. The summed E-state index contributed by atoms with van der Waals surface area (Å²) in [6.45, 7) is 2.90. The number of hydrogen-bond donors (Lipinski definition) is 2. The second-order valence-corrected chi connectivity index (χ2v) is 5.31. The number of H-pyrrole nitrogens is 1. The van der Waals surface area contributed by atoms with Crippen LogP contribution in [-0.2, 0) is 0 Å². The van der Waals surface area contributed by atoms with E-state index in [0.717, 1.165) is 23.7 Å². The number of likely N-dealkylation sites (tertiary alicyclic amines) is 1. The van der Waals surface area contributed by atoms with Gasteiger partial charge in [-0.15, -0.1) is 0 Å². The van der Waals surface area contributed by atoms with Crippen LogP contribution in [0, 0.1) is 0 Å². The highest BCUT2D eigenvalue weighted by Crippen LogP contribution is 2.27. The van der Waals surface area contributed by atoms with Gasteiger partial charge < -0.3 is 10.0 Å². The van der Waals surface area contributed by atoms with Crippen LogP contribution in [0.1, 0.15) is 30.1 Å². The lowest BCUT2D eigenvalue weighted by atomic mass is 9.88. The summed E-state index contributed by atoms with van der Waals surface area (Å²) in [5, 5.41) is 17.8. The number of nitrogens with one attached hydrogen (secondary N) is 1. The van der Waals surface area contributed by atoms with Crippen molar-refractivity contribution in [3.05, 3.63) is 30.0 Å². The molecule has 0 saturated carbocycles. The van der Waals surface area contributed by atoms with E-state index in [1.165, 1.54) is 0 Å². The molecule has 0 aliphatic carbocycles. The average molecular weight is 259 g/mol. The van der Waals surface area contributed by atoms with Crippen molar-refractivity contribution in [1.29, 1.82) is 0 Å². The molecule has 0 unspecified atom stereocenters. The van der Waals surface area contributed by atoms with Crippen LogP contribution >= 0.6 is 0 Å². The van der Waals surface area contributed by atoms with Crippen molar-refractivity contribution in [3.63, 3.8) is 0 Å². The Morgan fingerprint density at radius 2 is 2.32 bits per heavy atom. The first-order valence-electron chi connectivity index (χ1n) is 6.56. The van der Waals surface area contributed by atoms with Gasteiger partial charge in [0.2, 0.25) is 0 Å². The van der Waals surface area contributed by atoms with Crippen molar-refractivity contribution in [3.8, 4) is 0 Å². The molecule has 19 heavy (non-hydrogen) atoms. The van der Waals surface area contributed by atoms with Gasteiger partial charge in [0, 0.05) is 10.9 Å². The number of carbonyl (C=O) groups is 1. The zero-order valence-corrected chi connectivity index (χ0v) is 10.9. The number of β-amino-alcohol motifs (C(OH)–C–C–N with tert-alkyl or cyclic N) is 1. The van der Waals surface area contributed by atoms with E-state index in [1.807, 2.05) is 19.1 Å². The molecular formula is C14H17N3O2. The van der Waals surface area contributed by atoms with E-state index in [1.54, 1.807) is 17.2 Å². The van der Waals surface area contributed by atoms with Crippen LogP contribution in [-0.4, -0.2) is 44.8 Å². The van der Waals surface area contributed by atoms with Crippen LogP contribution in [0.3, 0.4) is 0 Å². The molecule has 1 aliphatic heterocycles. The van der Waals surface area contributed by atoms with Crippen molar-refractivity contribution in [2.45, 2.75) is 25.4 Å². The molecule has 5 nitrogen and oxygen atoms in total. The summed E-state index contributed by atoms with van der Waals surface area (Å²) >= 11 is 0. The highest BCUT2D eigenvalue weighted by atomic mass is 16.3. The first-order valence-corrected chi connectivity index (χ1v) is 6.56. The second kappa shape index (κ2) is 4.35. The highest BCUT2D eigenvalue weighted by Gasteiger charge is 2.42. The van der Waals surface area contributed by atoms with Crippen molar-refractivity contribution in [1.82, 2.24) is 15.1 Å². The molecule has 2 aromatic rings. The normalized spacial score (nSPS) is 17.5. The van der Waals surface area contributed by atoms with Crippen LogP contribution in [0.4, 0.5) is 0 Å². The molecule has 1 aliphatic rings. The Bertz CT molecular complexity index is 614. The molecule has 5 heteroatoms. The van der Waals surface area contributed by atoms with Gasteiger partial charge in [-0.05, 0) is 24.6 Å². The fourth-order valence-corrected chi connectivity index (χ4v) is 2.69. The molecule has 1 aromatic heterocycles. The summed E-state index contributed by atoms with van der Waals surface area (Å²) in [5.41, 5.74) is 0.888. The predicted octanol–water partition coefficient (Wildman–Crippen LogP) is 1.55. The molecule has 1 fully saturated rings. The number of aromatic amines is 1. The van der Waals surface area contributed by atoms with Gasteiger partial charge in [0.15, 0.2) is 0 Å². The monoisotopic (exact) mass is 259 g/mol. The zero-order valence-electron chi connectivity index (χ0n) is 10.9. The fraction of sp³-hybridized carbons (Fsp3) is 0.429. The Hall–Kier alpha value is -1.88. The number of rotatable bonds is 3. The van der Waals surface area contributed by atoms with Gasteiger partial charge >= 0.3 is 0 Å². The maximum atomic E-state index is 12.3. The van der Waals surface area contributed by atoms with Crippen molar-refractivity contribution < 1.29 is 9.90 Å². The van der Waals surface area contributed by atoms with Crippen LogP contribution in [0.25, 0.3) is 10.9 Å². The lowest BCUT2D eigenvalue weighted by Crippen LogP contribution is -2.63. The number of benzene rings is 1. The quantitative estimate of drug-likeness (QED) is 0.878. The van der Waals surface area contributed by atoms with E-state index in [2.05, 4.69) is 10.2 Å². The van der Waals surface area contributed by atoms with E-state index in [-0.39, 0.29) is 5.91 Å². The van der Waals surface area contributed by atoms with E-state index in [9.17, 15) is 9.90 Å². The Labute approximate surface area is 111 Å². The van der Waals surface area contributed by atoms with Gasteiger partial charge in [-0.25, -0.2) is 0 Å². The van der Waals surface area contributed by atoms with Crippen molar-refractivity contribution in [2.75, 3.05) is 13.1 Å². The number of carbonyl (C=O) groups excluding carboxylic acids is 1. The number of hydrogen-bond acceptors (Lipinski definition) is 3. The second-order valence-electron chi connectivity index (χ2n) is 5.31. The molecule has 1 amide bonds. The number of fused-ring (bicyclic) bond motifs is 1. The molecule has 2 heterocycles. The van der Waals surface area contributed by atoms with Crippen LogP contribution in [0.5, 0.6) is 0 Å². The van der Waals surface area contributed by atoms with Crippen molar-refractivity contribution in [2.24, 2.45) is 0 Å². The minimum absolute atomic E-state index is 0.0242. The Morgan fingerprint density at radius 1 is 1.53 bits per heavy atom. The molecule has 0 atom stereocenters. The Morgan fingerprint density at radius 3 is 3.05 bits per heavy atom. The van der Waals surface area contributed by atoms with Gasteiger partial charge in [-0.3, -0.25) is 9.89 Å². The van der Waals surface area contributed by atoms with Crippen LogP contribution in [0.2, 0.25) is 0 Å². The number of aromatic nitrogens is 2. The van der Waals surface area contributed by atoms with Gasteiger partial charge in [0.1, 0.15) is 0 Å². The standard InChI is InChI=1S/C14H17N3O2/c1-2-5-14(19)8-17(9-14)13(18)10-3-4-12-11(6-10)7-15-16-12/h3-4,6-7,19H,2,5,8-9H2,1H3,(H,15,16). The maximum absolute atomic E-state index is 12.3. The molecule has 0 bridgehead atoms. The summed E-state index contributed by atoms with van der Waals surface area (Å²) in [6.07, 6.45) is 3.38. The number of nitrogens with zero attached hydrogens (tertiary/aromatic N) is 2. The van der Waals surface area contributed by atoms with Crippen LogP contribution in [0.15, 0.2) is 24.4 Å². The SMILES string of the molecule is CCCC1(O)CN(C(=O)c2ccc3[nH]ncc3c2)C1. The largest absolute Gasteiger partial charge is 0.386 e. The zero-order chi connectivity index (χ0) is 13.5. The van der Waals surface area contributed by atoms with E-state index >= 15 is 0 Å². The summed E-state index contributed by atoms with van der Waals surface area (Å²) in [6, 6.07) is 5.48. The highest BCUT2D eigenvalue weighted by molar-refractivity contribution is 5.98. The first kappa shape index (κ1) is 12.2. The Kier molecular flexibility index (Phi) is 2.78. The molecule has 1 saturated heterocycles. The molecule has 2 N–H and O–H groups in total. The Balaban J connectivity index is 1.74. The molecule has 0 spiro atoms. The number of amides is 1. The molecule has 100 valence electrons. The van der Waals surface area contributed by atoms with Gasteiger partial charge in [-0.2, -0.15) is 5.10 Å². The topological polar surface area (TPSA) is 69.2 Å². The first-order chi connectivity index (χ1) is 9.11. The molecule has 3 rings (SSSR count). The third-order valence-corrected chi connectivity index (χ3v) is 3.66. The number of aliphatic hydroxyl groups is 1. The van der Waals surface area contributed by atoms with E-state index < -0.39 is 5.60 Å². The summed E-state index contributed by atoms with van der Waals surface area (Å²) in [4.78, 5) is 14.0. The van der Waals surface area contributed by atoms with Gasteiger partial charge in [-0.1, -0.05) is 13.3 Å². The van der Waals surface area contributed by atoms with E-state index in [4.69, 9.17) is 0 Å². The van der Waals surface area contributed by atoms with Gasteiger partial charge in [0.25, 0.3) is 5.91 Å². The predicted molar refractivity (Wildman–Crippen MR) is 71.9 cm³/mol. The third kappa shape index (κ3) is 2.10. The molecular weight excluding hydrogens is 242 g/mol. The van der Waals surface area contributed by atoms with E-state index in [0.29, 0.717) is 18.7 Å².